The number of benzene rings is 1. The van der Waals surface area contributed by atoms with Crippen LogP contribution in [0.25, 0.3) is 11.3 Å². The first-order valence-corrected chi connectivity index (χ1v) is 9.36. The molecule has 3 aromatic rings. The Hall–Kier alpha value is -3.55. The molecule has 0 fully saturated rings. The third-order valence-electron chi connectivity index (χ3n) is 4.32. The van der Waals surface area contributed by atoms with Crippen molar-refractivity contribution in [2.45, 2.75) is 32.5 Å². The van der Waals surface area contributed by atoms with Crippen LogP contribution in [0.2, 0.25) is 5.02 Å². The molecule has 1 aromatic carbocycles. The van der Waals surface area contributed by atoms with Crippen LogP contribution in [0.3, 0.4) is 0 Å². The molecule has 0 spiro atoms. The Balaban J connectivity index is 1.66. The highest BCUT2D eigenvalue weighted by Gasteiger charge is 2.19. The number of nitroso groups, excluding NO2 is 1. The average Bonchev–Trinajstić information content (AvgIpc) is 3.34. The summed E-state index contributed by atoms with van der Waals surface area (Å²) in [6, 6.07) is 9.89. The Labute approximate surface area is 176 Å². The normalized spacial score (nSPS) is 12.8. The zero-order valence-corrected chi connectivity index (χ0v) is 16.9. The van der Waals surface area contributed by atoms with Gasteiger partial charge < -0.3 is 10.4 Å². The van der Waals surface area contributed by atoms with Crippen LogP contribution in [-0.4, -0.2) is 36.7 Å². The zero-order chi connectivity index (χ0) is 21.8. The van der Waals surface area contributed by atoms with Gasteiger partial charge in [0, 0.05) is 17.8 Å². The van der Waals surface area contributed by atoms with Crippen LogP contribution >= 0.6 is 11.6 Å². The van der Waals surface area contributed by atoms with E-state index < -0.39 is 12.0 Å². The Morgan fingerprint density at radius 1 is 1.33 bits per heavy atom. The van der Waals surface area contributed by atoms with Gasteiger partial charge in [-0.25, -0.2) is 0 Å². The first-order valence-electron chi connectivity index (χ1n) is 8.98. The van der Waals surface area contributed by atoms with E-state index in [9.17, 15) is 14.8 Å². The van der Waals surface area contributed by atoms with Gasteiger partial charge in [-0.1, -0.05) is 17.7 Å². The second kappa shape index (κ2) is 8.86. The highest BCUT2D eigenvalue weighted by atomic mass is 35.5. The number of aromatic nitrogens is 4. The summed E-state index contributed by atoms with van der Waals surface area (Å²) in [5.41, 5.74) is 1.94. The summed E-state index contributed by atoms with van der Waals surface area (Å²) < 4.78 is 1.67. The summed E-state index contributed by atoms with van der Waals surface area (Å²) in [7, 11) is 0. The van der Waals surface area contributed by atoms with Crippen molar-refractivity contribution in [1.29, 1.82) is 5.26 Å². The first kappa shape index (κ1) is 21.2. The second-order valence-corrected chi connectivity index (χ2v) is 7.11. The van der Waals surface area contributed by atoms with Crippen molar-refractivity contribution in [2.24, 2.45) is 5.29 Å². The van der Waals surface area contributed by atoms with E-state index in [1.54, 1.807) is 42.1 Å². The van der Waals surface area contributed by atoms with Gasteiger partial charge in [-0.15, -0.1) is 14.8 Å². The van der Waals surface area contributed by atoms with Crippen LogP contribution < -0.4 is 5.32 Å². The van der Waals surface area contributed by atoms with E-state index in [2.05, 4.69) is 20.8 Å². The lowest BCUT2D eigenvalue weighted by Crippen LogP contribution is -2.36. The molecule has 0 saturated heterocycles. The summed E-state index contributed by atoms with van der Waals surface area (Å²) in [5, 5.41) is 32.6. The molecule has 2 heterocycles. The number of rotatable bonds is 7. The predicted molar refractivity (Wildman–Crippen MR) is 108 cm³/mol. The molecule has 1 unspecified atom stereocenters. The van der Waals surface area contributed by atoms with Crippen molar-refractivity contribution in [3.63, 3.8) is 0 Å². The quantitative estimate of drug-likeness (QED) is 0.556. The largest absolute Gasteiger partial charge is 0.387 e. The Morgan fingerprint density at radius 3 is 2.70 bits per heavy atom. The molecule has 2 aromatic heterocycles. The van der Waals surface area contributed by atoms with E-state index in [0.717, 1.165) is 5.56 Å². The number of carbonyl (C=O) groups is 1. The van der Waals surface area contributed by atoms with Crippen LogP contribution in [-0.2, 0) is 6.54 Å². The smallest absolute Gasteiger partial charge is 0.272 e. The molecule has 10 nitrogen and oxygen atoms in total. The molecule has 154 valence electrons. The predicted octanol–water partition coefficient (Wildman–Crippen LogP) is 2.67. The fourth-order valence-electron chi connectivity index (χ4n) is 2.86. The minimum Gasteiger partial charge on any atom is -0.387 e. The maximum absolute atomic E-state index is 12.4. The topological polar surface area (TPSA) is 138 Å². The number of aliphatic hydroxyl groups is 1. The summed E-state index contributed by atoms with van der Waals surface area (Å²) in [6.45, 7) is 3.62. The maximum Gasteiger partial charge on any atom is 0.272 e. The summed E-state index contributed by atoms with van der Waals surface area (Å²) in [4.78, 5) is 23.9. The van der Waals surface area contributed by atoms with Gasteiger partial charge in [-0.3, -0.25) is 9.48 Å². The van der Waals surface area contributed by atoms with Crippen molar-refractivity contribution in [1.82, 2.24) is 25.0 Å². The SMILES string of the molecule is CC(O)c1cc(C(=O)N[C@@H](C)Cn2ccc(-c3ccc(C#N)c(Cl)c3)n2)nn1N=O. The van der Waals surface area contributed by atoms with Gasteiger partial charge in [0.2, 0.25) is 0 Å². The molecule has 0 radical (unpaired) electrons. The summed E-state index contributed by atoms with van der Waals surface area (Å²) in [5.74, 6) is -0.502. The van der Waals surface area contributed by atoms with Crippen molar-refractivity contribution in [3.05, 3.63) is 63.4 Å². The second-order valence-electron chi connectivity index (χ2n) is 6.71. The summed E-state index contributed by atoms with van der Waals surface area (Å²) in [6.07, 6.45) is 0.771. The molecular formula is C19H18ClN7O3. The lowest BCUT2D eigenvalue weighted by atomic mass is 10.1. The monoisotopic (exact) mass is 427 g/mol. The number of nitriles is 1. The third kappa shape index (κ3) is 4.53. The van der Waals surface area contributed by atoms with Crippen molar-refractivity contribution >= 4 is 17.5 Å². The number of halogens is 1. The lowest BCUT2D eigenvalue weighted by Gasteiger charge is -2.13. The minimum absolute atomic E-state index is 0.0225. The van der Waals surface area contributed by atoms with Crippen LogP contribution in [0.1, 0.15) is 41.7 Å². The molecule has 2 atom stereocenters. The summed E-state index contributed by atoms with van der Waals surface area (Å²) >= 11 is 6.07. The average molecular weight is 428 g/mol. The molecular weight excluding hydrogens is 410 g/mol. The van der Waals surface area contributed by atoms with E-state index in [1.807, 2.05) is 6.07 Å². The standard InChI is InChI=1S/C19H18ClN7O3/c1-11(22-19(29)17-8-18(12(2)28)27(24-17)25-30)10-26-6-5-16(23-26)13-3-4-14(9-21)15(20)7-13/h3-8,11-12,28H,10H2,1-2H3,(H,22,29)/t11-,12?/m0/s1. The molecule has 2 N–H and O–H groups in total. The van der Waals surface area contributed by atoms with Crippen LogP contribution in [0.5, 0.6) is 0 Å². The van der Waals surface area contributed by atoms with Crippen LogP contribution in [0, 0.1) is 16.2 Å². The van der Waals surface area contributed by atoms with Gasteiger partial charge in [-0.2, -0.15) is 10.4 Å². The number of hydrogen-bond donors (Lipinski definition) is 2. The molecule has 30 heavy (non-hydrogen) atoms. The maximum atomic E-state index is 12.4. The molecule has 0 saturated carbocycles. The van der Waals surface area contributed by atoms with Gasteiger partial charge in [0.25, 0.3) is 5.91 Å². The van der Waals surface area contributed by atoms with Crippen LogP contribution in [0.15, 0.2) is 41.8 Å². The fraction of sp³-hybridized carbons (Fsp3) is 0.263. The van der Waals surface area contributed by atoms with Gasteiger partial charge in [0.15, 0.2) is 5.69 Å². The van der Waals surface area contributed by atoms with Crippen molar-refractivity contribution in [3.8, 4) is 17.3 Å². The van der Waals surface area contributed by atoms with E-state index in [0.29, 0.717) is 27.6 Å². The van der Waals surface area contributed by atoms with E-state index >= 15 is 0 Å². The van der Waals surface area contributed by atoms with Crippen LogP contribution in [0.4, 0.5) is 0 Å². The molecule has 0 aliphatic rings. The third-order valence-corrected chi connectivity index (χ3v) is 4.63. The molecule has 0 aliphatic heterocycles. The lowest BCUT2D eigenvalue weighted by molar-refractivity contribution is 0.0930. The number of nitrogens with zero attached hydrogens (tertiary/aromatic N) is 6. The Bertz CT molecular complexity index is 1130. The molecule has 0 bridgehead atoms. The highest BCUT2D eigenvalue weighted by molar-refractivity contribution is 6.32. The first-order chi connectivity index (χ1) is 14.3. The number of aliphatic hydroxyl groups excluding tert-OH is 1. The highest BCUT2D eigenvalue weighted by Crippen LogP contribution is 2.24. The fourth-order valence-corrected chi connectivity index (χ4v) is 3.08. The van der Waals surface area contributed by atoms with Crippen molar-refractivity contribution in [2.75, 3.05) is 0 Å². The van der Waals surface area contributed by atoms with Gasteiger partial charge in [0.05, 0.1) is 39.9 Å². The van der Waals surface area contributed by atoms with Gasteiger partial charge in [0.1, 0.15) is 6.07 Å². The van der Waals surface area contributed by atoms with Gasteiger partial charge >= 0.3 is 0 Å². The van der Waals surface area contributed by atoms with Crippen molar-refractivity contribution < 1.29 is 9.90 Å². The number of carbonyl (C=O) groups excluding carboxylic acids is 1. The van der Waals surface area contributed by atoms with E-state index in [-0.39, 0.29) is 17.4 Å². The Morgan fingerprint density at radius 2 is 2.10 bits per heavy atom. The number of hydrogen-bond acceptors (Lipinski definition) is 7. The molecule has 0 aliphatic carbocycles. The zero-order valence-electron chi connectivity index (χ0n) is 16.2. The van der Waals surface area contributed by atoms with E-state index in [1.165, 1.54) is 13.0 Å². The molecule has 1 amide bonds. The molecule has 11 heteroatoms. The van der Waals surface area contributed by atoms with Gasteiger partial charge in [-0.05, 0) is 38.1 Å². The Kier molecular flexibility index (Phi) is 6.25. The minimum atomic E-state index is -0.993. The number of nitrogens with one attached hydrogen (secondary N) is 1. The number of amides is 1. The molecule has 3 rings (SSSR count). The van der Waals surface area contributed by atoms with E-state index in [4.69, 9.17) is 16.9 Å².